The quantitative estimate of drug-likeness (QED) is 0.702. The normalized spacial score (nSPS) is 11.0. The second-order valence-electron chi connectivity index (χ2n) is 5.68. The largest absolute Gasteiger partial charge is 0.505 e. The van der Waals surface area contributed by atoms with Crippen molar-refractivity contribution in [3.05, 3.63) is 63.5 Å². The Kier molecular flexibility index (Phi) is 4.34. The van der Waals surface area contributed by atoms with E-state index in [0.717, 1.165) is 10.5 Å². The molecule has 1 heterocycles. The fourth-order valence-electron chi connectivity index (χ4n) is 2.87. The lowest BCUT2D eigenvalue weighted by Crippen LogP contribution is -2.16. The lowest BCUT2D eigenvalue weighted by molar-refractivity contribution is -0.117. The Bertz CT molecular complexity index is 1010. The molecule has 0 spiro atoms. The minimum Gasteiger partial charge on any atom is -0.505 e. The number of phenols is 1. The van der Waals surface area contributed by atoms with Crippen LogP contribution in [-0.4, -0.2) is 21.5 Å². The summed E-state index contributed by atoms with van der Waals surface area (Å²) in [5.41, 5.74) is 6.94. The highest BCUT2D eigenvalue weighted by atomic mass is 79.9. The number of primary amides is 1. The van der Waals surface area contributed by atoms with Gasteiger partial charge in [-0.1, -0.05) is 15.9 Å². The number of phenolic OH excluding ortho intramolecular Hbond substituents is 1. The van der Waals surface area contributed by atoms with Gasteiger partial charge in [0.15, 0.2) is 11.6 Å². The van der Waals surface area contributed by atoms with E-state index in [1.54, 1.807) is 31.2 Å². The first-order valence-electron chi connectivity index (χ1n) is 7.40. The molecule has 1 aromatic heterocycles. The SMILES string of the molecule is Cc1c(CC(N)=O)c2cc(O)c(F)cc2n1C(=O)c1ccc(Br)cc1. The summed E-state index contributed by atoms with van der Waals surface area (Å²) >= 11 is 3.31. The fraction of sp³-hybridized carbons (Fsp3) is 0.111. The van der Waals surface area contributed by atoms with Crippen molar-refractivity contribution in [2.45, 2.75) is 13.3 Å². The lowest BCUT2D eigenvalue weighted by Gasteiger charge is -2.08. The molecule has 25 heavy (non-hydrogen) atoms. The maximum absolute atomic E-state index is 13.9. The number of amides is 1. The van der Waals surface area contributed by atoms with Crippen LogP contribution in [0.5, 0.6) is 5.75 Å². The topological polar surface area (TPSA) is 85.3 Å². The minimum absolute atomic E-state index is 0.117. The zero-order valence-electron chi connectivity index (χ0n) is 13.2. The van der Waals surface area contributed by atoms with Gasteiger partial charge in [-0.15, -0.1) is 0 Å². The van der Waals surface area contributed by atoms with E-state index in [9.17, 15) is 19.1 Å². The molecular formula is C18H14BrFN2O3. The molecule has 2 aromatic carbocycles. The van der Waals surface area contributed by atoms with Gasteiger partial charge in [-0.25, -0.2) is 4.39 Å². The molecule has 0 aliphatic carbocycles. The van der Waals surface area contributed by atoms with Crippen molar-refractivity contribution in [3.63, 3.8) is 0 Å². The molecule has 0 saturated carbocycles. The summed E-state index contributed by atoms with van der Waals surface area (Å²) in [6, 6.07) is 9.03. The van der Waals surface area contributed by atoms with Gasteiger partial charge in [-0.2, -0.15) is 0 Å². The summed E-state index contributed by atoms with van der Waals surface area (Å²) in [6.45, 7) is 1.66. The Labute approximate surface area is 151 Å². The highest BCUT2D eigenvalue weighted by Gasteiger charge is 2.22. The molecule has 3 rings (SSSR count). The number of benzene rings is 2. The van der Waals surface area contributed by atoms with Gasteiger partial charge in [-0.05, 0) is 42.8 Å². The van der Waals surface area contributed by atoms with Gasteiger partial charge in [0, 0.05) is 27.2 Å². The Morgan fingerprint density at radius 2 is 1.88 bits per heavy atom. The Hall–Kier alpha value is -2.67. The van der Waals surface area contributed by atoms with Crippen LogP contribution in [0.4, 0.5) is 4.39 Å². The average molecular weight is 405 g/mol. The number of rotatable bonds is 3. The number of hydrogen-bond donors (Lipinski definition) is 2. The molecule has 0 fully saturated rings. The number of fused-ring (bicyclic) bond motifs is 1. The molecule has 0 aliphatic heterocycles. The van der Waals surface area contributed by atoms with Crippen molar-refractivity contribution >= 4 is 38.6 Å². The number of hydrogen-bond acceptors (Lipinski definition) is 3. The van der Waals surface area contributed by atoms with E-state index in [0.29, 0.717) is 22.2 Å². The highest BCUT2D eigenvalue weighted by Crippen LogP contribution is 2.32. The average Bonchev–Trinajstić information content (AvgIpc) is 2.80. The molecule has 5 nitrogen and oxygen atoms in total. The lowest BCUT2D eigenvalue weighted by atomic mass is 10.1. The van der Waals surface area contributed by atoms with Crippen LogP contribution in [0.25, 0.3) is 10.9 Å². The van der Waals surface area contributed by atoms with Crippen molar-refractivity contribution in [1.29, 1.82) is 0 Å². The highest BCUT2D eigenvalue weighted by molar-refractivity contribution is 9.10. The Morgan fingerprint density at radius 3 is 2.48 bits per heavy atom. The molecule has 3 N–H and O–H groups in total. The standard InChI is InChI=1S/C18H14BrFN2O3/c1-9-12(7-17(21)24)13-6-16(23)14(20)8-15(13)22(9)18(25)10-2-4-11(19)5-3-10/h2-6,8,23H,7H2,1H3,(H2,21,24). The minimum atomic E-state index is -0.847. The molecule has 0 saturated heterocycles. The Balaban J connectivity index is 2.28. The zero-order chi connectivity index (χ0) is 18.3. The molecule has 0 radical (unpaired) electrons. The maximum Gasteiger partial charge on any atom is 0.262 e. The third kappa shape index (κ3) is 3.02. The first kappa shape index (κ1) is 17.2. The molecule has 0 aliphatic rings. The van der Waals surface area contributed by atoms with E-state index in [-0.39, 0.29) is 17.8 Å². The zero-order valence-corrected chi connectivity index (χ0v) is 14.8. The van der Waals surface area contributed by atoms with Gasteiger partial charge in [0.05, 0.1) is 11.9 Å². The smallest absolute Gasteiger partial charge is 0.262 e. The molecule has 7 heteroatoms. The summed E-state index contributed by atoms with van der Waals surface area (Å²) in [5.74, 6) is -2.34. The van der Waals surface area contributed by atoms with Gasteiger partial charge in [-0.3, -0.25) is 14.2 Å². The van der Waals surface area contributed by atoms with Gasteiger partial charge < -0.3 is 10.8 Å². The first-order valence-corrected chi connectivity index (χ1v) is 8.20. The van der Waals surface area contributed by atoms with Crippen molar-refractivity contribution in [2.75, 3.05) is 0 Å². The fourth-order valence-corrected chi connectivity index (χ4v) is 3.13. The van der Waals surface area contributed by atoms with E-state index in [1.165, 1.54) is 10.6 Å². The number of carbonyl (C=O) groups is 2. The van der Waals surface area contributed by atoms with E-state index in [1.807, 2.05) is 0 Å². The van der Waals surface area contributed by atoms with Crippen LogP contribution in [-0.2, 0) is 11.2 Å². The number of nitrogens with two attached hydrogens (primary N) is 1. The molecule has 1 amide bonds. The first-order chi connectivity index (χ1) is 11.8. The van der Waals surface area contributed by atoms with Crippen LogP contribution in [0.2, 0.25) is 0 Å². The van der Waals surface area contributed by atoms with Gasteiger partial charge in [0.2, 0.25) is 5.91 Å². The van der Waals surface area contributed by atoms with Gasteiger partial charge in [0.25, 0.3) is 5.91 Å². The number of carbonyl (C=O) groups excluding carboxylic acids is 2. The number of aromatic hydroxyl groups is 1. The van der Waals surface area contributed by atoms with Crippen LogP contribution in [0.1, 0.15) is 21.6 Å². The monoisotopic (exact) mass is 404 g/mol. The third-order valence-corrected chi connectivity index (χ3v) is 4.58. The van der Waals surface area contributed by atoms with Crippen LogP contribution in [0.3, 0.4) is 0 Å². The van der Waals surface area contributed by atoms with Crippen LogP contribution in [0, 0.1) is 12.7 Å². The predicted molar refractivity (Wildman–Crippen MR) is 95.1 cm³/mol. The number of nitrogens with zero attached hydrogens (tertiary/aromatic N) is 1. The number of halogens is 2. The van der Waals surface area contributed by atoms with E-state index < -0.39 is 17.5 Å². The summed E-state index contributed by atoms with van der Waals surface area (Å²) in [5, 5.41) is 10.1. The number of aromatic nitrogens is 1. The third-order valence-electron chi connectivity index (χ3n) is 4.05. The second kappa shape index (κ2) is 6.33. The van der Waals surface area contributed by atoms with Gasteiger partial charge in [0.1, 0.15) is 0 Å². The predicted octanol–water partition coefficient (Wildman–Crippen LogP) is 3.27. The molecular weight excluding hydrogens is 391 g/mol. The van der Waals surface area contributed by atoms with Crippen LogP contribution < -0.4 is 5.73 Å². The van der Waals surface area contributed by atoms with Crippen molar-refractivity contribution in [1.82, 2.24) is 4.57 Å². The van der Waals surface area contributed by atoms with E-state index in [4.69, 9.17) is 5.73 Å². The van der Waals surface area contributed by atoms with Crippen molar-refractivity contribution < 1.29 is 19.1 Å². The summed E-state index contributed by atoms with van der Waals surface area (Å²) in [6.07, 6.45) is -0.117. The van der Waals surface area contributed by atoms with Gasteiger partial charge >= 0.3 is 0 Å². The van der Waals surface area contributed by atoms with Crippen molar-refractivity contribution in [2.24, 2.45) is 5.73 Å². The van der Waals surface area contributed by atoms with E-state index >= 15 is 0 Å². The Morgan fingerprint density at radius 1 is 1.24 bits per heavy atom. The molecule has 0 bridgehead atoms. The summed E-state index contributed by atoms with van der Waals surface area (Å²) in [7, 11) is 0. The summed E-state index contributed by atoms with van der Waals surface area (Å²) in [4.78, 5) is 24.3. The van der Waals surface area contributed by atoms with Crippen LogP contribution >= 0.6 is 15.9 Å². The molecule has 0 atom stereocenters. The summed E-state index contributed by atoms with van der Waals surface area (Å²) < 4.78 is 16.0. The maximum atomic E-state index is 13.9. The molecule has 0 unspecified atom stereocenters. The second-order valence-corrected chi connectivity index (χ2v) is 6.59. The van der Waals surface area contributed by atoms with Crippen molar-refractivity contribution in [3.8, 4) is 5.75 Å². The van der Waals surface area contributed by atoms with Crippen LogP contribution in [0.15, 0.2) is 40.9 Å². The molecule has 128 valence electrons. The van der Waals surface area contributed by atoms with E-state index in [2.05, 4.69) is 15.9 Å². The molecule has 3 aromatic rings.